The summed E-state index contributed by atoms with van der Waals surface area (Å²) < 4.78 is 70.4. The number of guanidine groups is 1. The Morgan fingerprint density at radius 2 is 1.69 bits per heavy atom. The standard InChI is InChI=1S/C29H28ClF4N5O2S/c1-29(2,16-4-6-21(31)20(30)10-16)26-14-38-28(39(26)17-5-7-22(32)25(11-17)40-3)42-15-19-23(33)12-18(13-24(19)34)41-9-8-37-27(35)36/h4-7,10-14H,8-9,15H2,1-3H3,(H4,35,36,37). The molecule has 0 unspecified atom stereocenters. The Morgan fingerprint density at radius 1 is 1.00 bits per heavy atom. The van der Waals surface area contributed by atoms with E-state index in [0.29, 0.717) is 22.1 Å². The number of hydrogen-bond acceptors (Lipinski definition) is 5. The largest absolute Gasteiger partial charge is 0.494 e. The average Bonchev–Trinajstić information content (AvgIpc) is 3.37. The van der Waals surface area contributed by atoms with Gasteiger partial charge in [0, 0.05) is 34.9 Å². The molecule has 0 aliphatic carbocycles. The van der Waals surface area contributed by atoms with Crippen LogP contribution in [0.3, 0.4) is 0 Å². The Morgan fingerprint density at radius 3 is 2.33 bits per heavy atom. The molecule has 0 amide bonds. The van der Waals surface area contributed by atoms with Crippen molar-refractivity contribution in [2.24, 2.45) is 16.5 Å². The van der Waals surface area contributed by atoms with Gasteiger partial charge in [0.25, 0.3) is 0 Å². The zero-order valence-electron chi connectivity index (χ0n) is 22.9. The van der Waals surface area contributed by atoms with Crippen LogP contribution in [0.25, 0.3) is 5.69 Å². The molecule has 3 aromatic carbocycles. The number of ether oxygens (including phenoxy) is 2. The second-order valence-electron chi connectivity index (χ2n) is 9.64. The summed E-state index contributed by atoms with van der Waals surface area (Å²) in [5, 5.41) is 0.329. The third-order valence-electron chi connectivity index (χ3n) is 6.52. The van der Waals surface area contributed by atoms with E-state index in [1.165, 1.54) is 37.4 Å². The first kappa shape index (κ1) is 31.0. The minimum Gasteiger partial charge on any atom is -0.494 e. The van der Waals surface area contributed by atoms with Crippen LogP contribution in [0.15, 0.2) is 64.9 Å². The van der Waals surface area contributed by atoms with Crippen LogP contribution < -0.4 is 20.9 Å². The Bertz CT molecular complexity index is 1600. The monoisotopic (exact) mass is 621 g/mol. The van der Waals surface area contributed by atoms with Crippen LogP contribution in [0.1, 0.15) is 30.7 Å². The molecular weight excluding hydrogens is 594 g/mol. The molecule has 0 radical (unpaired) electrons. The fraction of sp³-hybridized carbons (Fsp3) is 0.241. The van der Waals surface area contributed by atoms with Gasteiger partial charge in [-0.3, -0.25) is 9.56 Å². The van der Waals surface area contributed by atoms with E-state index in [1.807, 2.05) is 13.8 Å². The molecule has 0 saturated carbocycles. The SMILES string of the molecule is COc1cc(-n2c(C(C)(C)c3ccc(F)c(Cl)c3)cnc2SCc2c(F)cc(OCCN=C(N)N)cc2F)ccc1F. The van der Waals surface area contributed by atoms with Gasteiger partial charge in [0.1, 0.15) is 29.8 Å². The van der Waals surface area contributed by atoms with Gasteiger partial charge in [-0.15, -0.1) is 0 Å². The number of thioether (sulfide) groups is 1. The Hall–Kier alpha value is -3.90. The molecule has 222 valence electrons. The Labute approximate surface area is 249 Å². The summed E-state index contributed by atoms with van der Waals surface area (Å²) in [4.78, 5) is 8.30. The number of nitrogens with two attached hydrogens (primary N) is 2. The van der Waals surface area contributed by atoms with Crippen molar-refractivity contribution in [2.45, 2.75) is 30.2 Å². The number of nitrogens with zero attached hydrogens (tertiary/aromatic N) is 3. The zero-order valence-corrected chi connectivity index (χ0v) is 24.5. The second kappa shape index (κ2) is 13.0. The maximum atomic E-state index is 15.0. The molecule has 0 atom stereocenters. The molecule has 0 fully saturated rings. The molecule has 4 aromatic rings. The molecule has 0 aliphatic rings. The Balaban J connectivity index is 1.69. The summed E-state index contributed by atoms with van der Waals surface area (Å²) >= 11 is 7.15. The smallest absolute Gasteiger partial charge is 0.186 e. The van der Waals surface area contributed by atoms with Crippen molar-refractivity contribution in [3.8, 4) is 17.2 Å². The highest BCUT2D eigenvalue weighted by molar-refractivity contribution is 7.98. The van der Waals surface area contributed by atoms with Gasteiger partial charge in [-0.25, -0.2) is 22.5 Å². The molecule has 4 rings (SSSR count). The van der Waals surface area contributed by atoms with Gasteiger partial charge in [-0.1, -0.05) is 43.3 Å². The van der Waals surface area contributed by atoms with E-state index in [4.69, 9.17) is 32.5 Å². The van der Waals surface area contributed by atoms with Crippen molar-refractivity contribution >= 4 is 29.3 Å². The normalized spacial score (nSPS) is 11.4. The summed E-state index contributed by atoms with van der Waals surface area (Å²) in [6, 6.07) is 10.9. The summed E-state index contributed by atoms with van der Waals surface area (Å²) in [5.74, 6) is -2.98. The van der Waals surface area contributed by atoms with Gasteiger partial charge in [-0.05, 0) is 29.8 Å². The number of benzene rings is 3. The highest BCUT2D eigenvalue weighted by atomic mass is 35.5. The zero-order chi connectivity index (χ0) is 30.6. The highest BCUT2D eigenvalue weighted by Crippen LogP contribution is 2.39. The van der Waals surface area contributed by atoms with Crippen LogP contribution in [0.2, 0.25) is 5.02 Å². The van der Waals surface area contributed by atoms with Gasteiger partial charge in [-0.2, -0.15) is 0 Å². The van der Waals surface area contributed by atoms with Crippen LogP contribution >= 0.6 is 23.4 Å². The molecule has 7 nitrogen and oxygen atoms in total. The molecule has 0 bridgehead atoms. The van der Waals surface area contributed by atoms with Crippen LogP contribution in [0.4, 0.5) is 17.6 Å². The van der Waals surface area contributed by atoms with Crippen LogP contribution in [0.5, 0.6) is 11.5 Å². The summed E-state index contributed by atoms with van der Waals surface area (Å²) in [5.41, 5.74) is 11.4. The molecule has 42 heavy (non-hydrogen) atoms. The number of rotatable bonds is 11. The van der Waals surface area contributed by atoms with E-state index in [0.717, 1.165) is 23.9 Å². The minimum atomic E-state index is -0.803. The summed E-state index contributed by atoms with van der Waals surface area (Å²) in [6.45, 7) is 3.94. The topological polar surface area (TPSA) is 101 Å². The number of halogens is 5. The molecule has 4 N–H and O–H groups in total. The van der Waals surface area contributed by atoms with Gasteiger partial charge in [0.05, 0.1) is 36.3 Å². The molecular formula is C29H28ClF4N5O2S. The third-order valence-corrected chi connectivity index (χ3v) is 7.79. The van der Waals surface area contributed by atoms with Crippen molar-refractivity contribution in [2.75, 3.05) is 20.3 Å². The fourth-order valence-corrected chi connectivity index (χ4v) is 5.41. The minimum absolute atomic E-state index is 0.00162. The van der Waals surface area contributed by atoms with E-state index < -0.39 is 28.7 Å². The van der Waals surface area contributed by atoms with Crippen LogP contribution in [-0.4, -0.2) is 35.8 Å². The van der Waals surface area contributed by atoms with Gasteiger partial charge < -0.3 is 20.9 Å². The van der Waals surface area contributed by atoms with Crippen molar-refractivity contribution < 1.29 is 27.0 Å². The predicted octanol–water partition coefficient (Wildman–Crippen LogP) is 6.36. The number of imidazole rings is 1. The van der Waals surface area contributed by atoms with Crippen LogP contribution in [0, 0.1) is 23.3 Å². The van der Waals surface area contributed by atoms with Gasteiger partial charge >= 0.3 is 0 Å². The predicted molar refractivity (Wildman–Crippen MR) is 156 cm³/mol. The maximum Gasteiger partial charge on any atom is 0.186 e. The third kappa shape index (κ3) is 6.76. The number of methoxy groups -OCH3 is 1. The van der Waals surface area contributed by atoms with Gasteiger partial charge in [0.2, 0.25) is 0 Å². The van der Waals surface area contributed by atoms with Crippen LogP contribution in [-0.2, 0) is 11.2 Å². The molecule has 0 spiro atoms. The number of hydrogen-bond donors (Lipinski definition) is 2. The lowest BCUT2D eigenvalue weighted by atomic mass is 9.81. The number of aromatic nitrogens is 2. The fourth-order valence-electron chi connectivity index (χ4n) is 4.22. The van der Waals surface area contributed by atoms with Gasteiger partial charge in [0.15, 0.2) is 22.7 Å². The first-order valence-electron chi connectivity index (χ1n) is 12.6. The summed E-state index contributed by atoms with van der Waals surface area (Å²) in [7, 11) is 1.34. The lowest BCUT2D eigenvalue weighted by Crippen LogP contribution is -2.23. The highest BCUT2D eigenvalue weighted by Gasteiger charge is 2.30. The molecule has 0 saturated heterocycles. The number of aliphatic imine (C=N–C) groups is 1. The van der Waals surface area contributed by atoms with E-state index in [1.54, 1.807) is 16.8 Å². The van der Waals surface area contributed by atoms with Crippen molar-refractivity contribution in [3.05, 3.63) is 99.8 Å². The average molecular weight is 622 g/mol. The quantitative estimate of drug-likeness (QED) is 0.0665. The first-order valence-corrected chi connectivity index (χ1v) is 13.9. The Kier molecular flexibility index (Phi) is 9.57. The lowest BCUT2D eigenvalue weighted by molar-refractivity contribution is 0.324. The molecule has 0 aliphatic heterocycles. The molecule has 1 aromatic heterocycles. The summed E-state index contributed by atoms with van der Waals surface area (Å²) in [6.07, 6.45) is 1.61. The van der Waals surface area contributed by atoms with E-state index in [9.17, 15) is 17.6 Å². The van der Waals surface area contributed by atoms with E-state index >= 15 is 0 Å². The first-order chi connectivity index (χ1) is 19.9. The van der Waals surface area contributed by atoms with Crippen molar-refractivity contribution in [1.82, 2.24) is 9.55 Å². The van der Waals surface area contributed by atoms with Crippen molar-refractivity contribution in [3.63, 3.8) is 0 Å². The molecule has 13 heteroatoms. The maximum absolute atomic E-state index is 15.0. The second-order valence-corrected chi connectivity index (χ2v) is 11.0. The van der Waals surface area contributed by atoms with Crippen molar-refractivity contribution in [1.29, 1.82) is 0 Å². The van der Waals surface area contributed by atoms with E-state index in [2.05, 4.69) is 9.98 Å². The lowest BCUT2D eigenvalue weighted by Gasteiger charge is -2.28. The molecule has 1 heterocycles. The van der Waals surface area contributed by atoms with E-state index in [-0.39, 0.29) is 46.9 Å².